The maximum Gasteiger partial charge on any atom is 0.0521 e. The molecule has 0 radical (unpaired) electrons. The van der Waals surface area contributed by atoms with Gasteiger partial charge in [-0.05, 0) is 24.1 Å². The molecule has 4 rings (SSSR count). The van der Waals surface area contributed by atoms with Crippen LogP contribution in [0.2, 0.25) is 0 Å². The van der Waals surface area contributed by atoms with Crippen molar-refractivity contribution in [2.45, 2.75) is 32.2 Å². The van der Waals surface area contributed by atoms with E-state index < -0.39 is 0 Å². The standard InChI is InChI=1S/C15H18N2/c1-10-9-17-14-6-8-16-7-5-12(14)13-4-2-3-11(10)15(13)17/h2-4,10,16H,5-9H2,1H3. The van der Waals surface area contributed by atoms with Crippen LogP contribution in [0.3, 0.4) is 0 Å². The molecule has 1 aromatic carbocycles. The van der Waals surface area contributed by atoms with Gasteiger partial charge in [-0.2, -0.15) is 0 Å². The van der Waals surface area contributed by atoms with Crippen LogP contribution in [0.4, 0.5) is 0 Å². The number of fused-ring (bicyclic) bond motifs is 3. The number of para-hydroxylation sites is 1. The van der Waals surface area contributed by atoms with E-state index in [9.17, 15) is 0 Å². The molecule has 0 fully saturated rings. The van der Waals surface area contributed by atoms with E-state index in [1.165, 1.54) is 30.3 Å². The third-order valence-corrected chi connectivity index (χ3v) is 4.41. The maximum atomic E-state index is 3.51. The van der Waals surface area contributed by atoms with Crippen molar-refractivity contribution >= 4 is 10.9 Å². The van der Waals surface area contributed by atoms with Crippen LogP contribution in [0.1, 0.15) is 29.7 Å². The van der Waals surface area contributed by atoms with Crippen LogP contribution in [-0.4, -0.2) is 17.7 Å². The molecule has 17 heavy (non-hydrogen) atoms. The molecule has 88 valence electrons. The van der Waals surface area contributed by atoms with Crippen LogP contribution in [-0.2, 0) is 19.4 Å². The zero-order valence-electron chi connectivity index (χ0n) is 10.3. The second-order valence-electron chi connectivity index (χ2n) is 5.43. The summed E-state index contributed by atoms with van der Waals surface area (Å²) < 4.78 is 2.59. The lowest BCUT2D eigenvalue weighted by Gasteiger charge is -2.08. The fraction of sp³-hybridized carbons (Fsp3) is 0.467. The normalized spacial score (nSPS) is 22.8. The average molecular weight is 226 g/mol. The summed E-state index contributed by atoms with van der Waals surface area (Å²) in [6.07, 6.45) is 2.38. The Kier molecular flexibility index (Phi) is 1.92. The van der Waals surface area contributed by atoms with Gasteiger partial charge in [0.15, 0.2) is 0 Å². The van der Waals surface area contributed by atoms with Crippen molar-refractivity contribution in [3.8, 4) is 0 Å². The highest BCUT2D eigenvalue weighted by atomic mass is 15.0. The minimum Gasteiger partial charge on any atom is -0.343 e. The Balaban J connectivity index is 2.08. The first-order valence-electron chi connectivity index (χ1n) is 6.70. The van der Waals surface area contributed by atoms with Crippen molar-refractivity contribution in [3.05, 3.63) is 35.0 Å². The van der Waals surface area contributed by atoms with Gasteiger partial charge >= 0.3 is 0 Å². The first-order valence-corrected chi connectivity index (χ1v) is 6.70. The number of nitrogens with zero attached hydrogens (tertiary/aromatic N) is 1. The fourth-order valence-corrected chi connectivity index (χ4v) is 3.64. The summed E-state index contributed by atoms with van der Waals surface area (Å²) in [5.41, 5.74) is 6.30. The van der Waals surface area contributed by atoms with E-state index in [1.54, 1.807) is 16.8 Å². The minimum absolute atomic E-state index is 0.690. The molecular weight excluding hydrogens is 208 g/mol. The Bertz CT molecular complexity index is 594. The third-order valence-electron chi connectivity index (χ3n) is 4.41. The van der Waals surface area contributed by atoms with Crippen LogP contribution < -0.4 is 5.32 Å². The van der Waals surface area contributed by atoms with Gasteiger partial charge in [-0.3, -0.25) is 0 Å². The van der Waals surface area contributed by atoms with Gasteiger partial charge in [0.05, 0.1) is 5.52 Å². The fourth-order valence-electron chi connectivity index (χ4n) is 3.64. The summed E-state index contributed by atoms with van der Waals surface area (Å²) in [6.45, 7) is 5.80. The molecule has 1 unspecified atom stereocenters. The quantitative estimate of drug-likeness (QED) is 0.730. The first kappa shape index (κ1) is 9.72. The van der Waals surface area contributed by atoms with Gasteiger partial charge in [0.1, 0.15) is 0 Å². The van der Waals surface area contributed by atoms with Gasteiger partial charge < -0.3 is 9.88 Å². The van der Waals surface area contributed by atoms with Gasteiger partial charge in [0, 0.05) is 36.5 Å². The summed E-state index contributed by atoms with van der Waals surface area (Å²) in [5.74, 6) is 0.690. The van der Waals surface area contributed by atoms with Crippen LogP contribution in [0.25, 0.3) is 10.9 Å². The van der Waals surface area contributed by atoms with Crippen LogP contribution in [0.15, 0.2) is 18.2 Å². The predicted octanol–water partition coefficient (Wildman–Crippen LogP) is 2.45. The van der Waals surface area contributed by atoms with E-state index in [2.05, 4.69) is 35.0 Å². The van der Waals surface area contributed by atoms with Gasteiger partial charge in [-0.25, -0.2) is 0 Å². The minimum atomic E-state index is 0.690. The van der Waals surface area contributed by atoms with E-state index >= 15 is 0 Å². The van der Waals surface area contributed by atoms with Crippen molar-refractivity contribution in [2.75, 3.05) is 13.1 Å². The number of aromatic nitrogens is 1. The molecule has 2 aliphatic heterocycles. The highest BCUT2D eigenvalue weighted by Crippen LogP contribution is 2.39. The highest BCUT2D eigenvalue weighted by Gasteiger charge is 2.27. The van der Waals surface area contributed by atoms with Crippen LogP contribution >= 0.6 is 0 Å². The van der Waals surface area contributed by atoms with Crippen LogP contribution in [0, 0.1) is 0 Å². The summed E-state index contributed by atoms with van der Waals surface area (Å²) >= 11 is 0. The summed E-state index contributed by atoms with van der Waals surface area (Å²) in [5, 5.41) is 5.03. The van der Waals surface area contributed by atoms with E-state index in [0.717, 1.165) is 13.1 Å². The molecule has 0 saturated heterocycles. The summed E-state index contributed by atoms with van der Waals surface area (Å²) in [4.78, 5) is 0. The number of benzene rings is 1. The monoisotopic (exact) mass is 226 g/mol. The molecule has 0 aliphatic carbocycles. The average Bonchev–Trinajstić information content (AvgIpc) is 2.71. The lowest BCUT2D eigenvalue weighted by molar-refractivity contribution is 0.626. The molecule has 0 amide bonds. The molecule has 2 aromatic rings. The van der Waals surface area contributed by atoms with Crippen molar-refractivity contribution in [3.63, 3.8) is 0 Å². The molecule has 2 heteroatoms. The molecule has 1 N–H and O–H groups in total. The maximum absolute atomic E-state index is 3.51. The summed E-state index contributed by atoms with van der Waals surface area (Å²) in [7, 11) is 0. The highest BCUT2D eigenvalue weighted by molar-refractivity contribution is 5.90. The SMILES string of the molecule is CC1Cn2c3c(c4cccc1c42)CCNCC3. The Hall–Kier alpha value is -1.28. The molecule has 1 atom stereocenters. The molecule has 0 saturated carbocycles. The van der Waals surface area contributed by atoms with Gasteiger partial charge in [0.2, 0.25) is 0 Å². The summed E-state index contributed by atoms with van der Waals surface area (Å²) in [6, 6.07) is 6.87. The number of hydrogen-bond acceptors (Lipinski definition) is 1. The van der Waals surface area contributed by atoms with Crippen molar-refractivity contribution in [1.29, 1.82) is 0 Å². The van der Waals surface area contributed by atoms with Gasteiger partial charge in [0.25, 0.3) is 0 Å². The lowest BCUT2D eigenvalue weighted by Crippen LogP contribution is -2.17. The van der Waals surface area contributed by atoms with Crippen molar-refractivity contribution in [1.82, 2.24) is 9.88 Å². The zero-order valence-corrected chi connectivity index (χ0v) is 10.3. The Morgan fingerprint density at radius 2 is 2.12 bits per heavy atom. The van der Waals surface area contributed by atoms with E-state index in [1.807, 2.05) is 0 Å². The Labute approximate surface area is 102 Å². The van der Waals surface area contributed by atoms with E-state index in [0.29, 0.717) is 5.92 Å². The lowest BCUT2D eigenvalue weighted by atomic mass is 9.98. The van der Waals surface area contributed by atoms with Crippen LogP contribution in [0.5, 0.6) is 0 Å². The predicted molar refractivity (Wildman–Crippen MR) is 70.6 cm³/mol. The third kappa shape index (κ3) is 1.19. The molecule has 2 aliphatic rings. The Morgan fingerprint density at radius 3 is 3.06 bits per heavy atom. The molecule has 0 bridgehead atoms. The molecule has 2 nitrogen and oxygen atoms in total. The van der Waals surface area contributed by atoms with E-state index in [-0.39, 0.29) is 0 Å². The molecule has 3 heterocycles. The first-order chi connectivity index (χ1) is 8.36. The van der Waals surface area contributed by atoms with Gasteiger partial charge in [-0.1, -0.05) is 25.1 Å². The van der Waals surface area contributed by atoms with Crippen molar-refractivity contribution < 1.29 is 0 Å². The smallest absolute Gasteiger partial charge is 0.0521 e. The molecule has 0 spiro atoms. The molecule has 1 aromatic heterocycles. The second kappa shape index (κ2) is 3.36. The molecular formula is C15H18N2. The van der Waals surface area contributed by atoms with Gasteiger partial charge in [-0.15, -0.1) is 0 Å². The zero-order chi connectivity index (χ0) is 11.4. The Morgan fingerprint density at radius 1 is 1.24 bits per heavy atom. The van der Waals surface area contributed by atoms with E-state index in [4.69, 9.17) is 0 Å². The number of nitrogens with one attached hydrogen (secondary N) is 1. The number of rotatable bonds is 0. The van der Waals surface area contributed by atoms with Crippen molar-refractivity contribution in [2.24, 2.45) is 0 Å². The second-order valence-corrected chi connectivity index (χ2v) is 5.43. The topological polar surface area (TPSA) is 17.0 Å². The number of hydrogen-bond donors (Lipinski definition) is 1. The largest absolute Gasteiger partial charge is 0.343 e.